The SMILES string of the molecule is CC(C)(CCl)C(=O)N(CC1CCCO1)C1CCSC1. The van der Waals surface area contributed by atoms with E-state index in [1.165, 1.54) is 0 Å². The molecule has 2 heterocycles. The van der Waals surface area contributed by atoms with Crippen molar-refractivity contribution in [1.82, 2.24) is 4.90 Å². The summed E-state index contributed by atoms with van der Waals surface area (Å²) >= 11 is 7.91. The summed E-state index contributed by atoms with van der Waals surface area (Å²) in [6.07, 6.45) is 3.51. The first-order chi connectivity index (χ1) is 9.04. The highest BCUT2D eigenvalue weighted by Crippen LogP contribution is 2.29. The van der Waals surface area contributed by atoms with Gasteiger partial charge in [-0.05, 0) is 38.9 Å². The minimum Gasteiger partial charge on any atom is -0.376 e. The topological polar surface area (TPSA) is 29.5 Å². The molecule has 0 N–H and O–H groups in total. The van der Waals surface area contributed by atoms with Crippen molar-refractivity contribution >= 4 is 29.3 Å². The molecule has 2 fully saturated rings. The zero-order valence-electron chi connectivity index (χ0n) is 11.9. The molecular formula is C14H24ClNO2S. The van der Waals surface area contributed by atoms with Crippen molar-refractivity contribution in [2.75, 3.05) is 30.5 Å². The smallest absolute Gasteiger partial charge is 0.229 e. The number of nitrogens with zero attached hydrogens (tertiary/aromatic N) is 1. The Balaban J connectivity index is 2.06. The van der Waals surface area contributed by atoms with Gasteiger partial charge in [0.25, 0.3) is 0 Å². The van der Waals surface area contributed by atoms with E-state index < -0.39 is 5.41 Å². The Morgan fingerprint density at radius 2 is 2.26 bits per heavy atom. The maximum absolute atomic E-state index is 12.7. The van der Waals surface area contributed by atoms with E-state index in [1.54, 1.807) is 0 Å². The molecule has 0 aromatic carbocycles. The van der Waals surface area contributed by atoms with E-state index in [-0.39, 0.29) is 12.0 Å². The summed E-state index contributed by atoms with van der Waals surface area (Å²) in [5.41, 5.74) is -0.479. The average Bonchev–Trinajstić information content (AvgIpc) is 3.07. The average molecular weight is 306 g/mol. The molecule has 0 saturated carbocycles. The molecule has 0 aliphatic carbocycles. The van der Waals surface area contributed by atoms with Gasteiger partial charge < -0.3 is 9.64 Å². The lowest BCUT2D eigenvalue weighted by Gasteiger charge is -2.36. The lowest BCUT2D eigenvalue weighted by molar-refractivity contribution is -0.143. The van der Waals surface area contributed by atoms with Crippen LogP contribution in [-0.2, 0) is 9.53 Å². The summed E-state index contributed by atoms with van der Waals surface area (Å²) in [7, 11) is 0. The molecule has 0 bridgehead atoms. The van der Waals surface area contributed by atoms with Gasteiger partial charge in [0.1, 0.15) is 0 Å². The van der Waals surface area contributed by atoms with E-state index in [1.807, 2.05) is 25.6 Å². The number of ether oxygens (including phenoxy) is 1. The van der Waals surface area contributed by atoms with E-state index in [9.17, 15) is 4.79 Å². The fourth-order valence-corrected chi connectivity index (χ4v) is 3.96. The van der Waals surface area contributed by atoms with Crippen molar-refractivity contribution in [2.24, 2.45) is 5.41 Å². The normalized spacial score (nSPS) is 27.7. The van der Waals surface area contributed by atoms with Crippen LogP contribution in [0.4, 0.5) is 0 Å². The van der Waals surface area contributed by atoms with Crippen LogP contribution in [-0.4, -0.2) is 53.5 Å². The van der Waals surface area contributed by atoms with Gasteiger partial charge >= 0.3 is 0 Å². The number of alkyl halides is 1. The summed E-state index contributed by atoms with van der Waals surface area (Å²) in [4.78, 5) is 14.8. The second kappa shape index (κ2) is 6.68. The van der Waals surface area contributed by atoms with E-state index in [2.05, 4.69) is 4.90 Å². The van der Waals surface area contributed by atoms with Crippen molar-refractivity contribution in [2.45, 2.75) is 45.3 Å². The zero-order valence-corrected chi connectivity index (χ0v) is 13.4. The second-order valence-corrected chi connectivity index (χ2v) is 7.54. The second-order valence-electron chi connectivity index (χ2n) is 6.13. The number of amides is 1. The van der Waals surface area contributed by atoms with Gasteiger partial charge in [0.05, 0.1) is 11.5 Å². The van der Waals surface area contributed by atoms with Crippen molar-refractivity contribution in [3.05, 3.63) is 0 Å². The predicted molar refractivity (Wildman–Crippen MR) is 80.9 cm³/mol. The van der Waals surface area contributed by atoms with Gasteiger partial charge in [-0.1, -0.05) is 0 Å². The molecule has 2 rings (SSSR count). The monoisotopic (exact) mass is 305 g/mol. The van der Waals surface area contributed by atoms with Crippen molar-refractivity contribution in [1.29, 1.82) is 0 Å². The van der Waals surface area contributed by atoms with Crippen LogP contribution in [0.5, 0.6) is 0 Å². The van der Waals surface area contributed by atoms with E-state index in [0.717, 1.165) is 43.9 Å². The van der Waals surface area contributed by atoms with Crippen molar-refractivity contribution < 1.29 is 9.53 Å². The molecule has 2 aliphatic rings. The molecule has 0 aromatic rings. The van der Waals surface area contributed by atoms with Crippen LogP contribution in [0, 0.1) is 5.41 Å². The molecule has 2 saturated heterocycles. The number of halogens is 1. The Hall–Kier alpha value is 0.0700. The number of hydrogen-bond acceptors (Lipinski definition) is 3. The molecular weight excluding hydrogens is 282 g/mol. The molecule has 2 aliphatic heterocycles. The van der Waals surface area contributed by atoms with Gasteiger partial charge in [0, 0.05) is 30.8 Å². The van der Waals surface area contributed by atoms with Crippen LogP contribution in [0.2, 0.25) is 0 Å². The standard InChI is InChI=1S/C14H24ClNO2S/c1-14(2,10-15)13(17)16(11-5-7-19-9-11)8-12-4-3-6-18-12/h11-12H,3-10H2,1-2H3. The number of hydrogen-bond donors (Lipinski definition) is 0. The maximum Gasteiger partial charge on any atom is 0.229 e. The molecule has 110 valence electrons. The first-order valence-electron chi connectivity index (χ1n) is 7.11. The Morgan fingerprint density at radius 3 is 2.79 bits per heavy atom. The highest BCUT2D eigenvalue weighted by atomic mass is 35.5. The summed E-state index contributed by atoms with van der Waals surface area (Å²) in [6.45, 7) is 5.45. The molecule has 0 spiro atoms. The molecule has 5 heteroatoms. The third-order valence-electron chi connectivity index (χ3n) is 3.94. The molecule has 2 unspecified atom stereocenters. The number of carbonyl (C=O) groups excluding carboxylic acids is 1. The van der Waals surface area contributed by atoms with Crippen molar-refractivity contribution in [3.8, 4) is 0 Å². The molecule has 1 amide bonds. The fourth-order valence-electron chi connectivity index (χ4n) is 2.62. The number of thioether (sulfide) groups is 1. The maximum atomic E-state index is 12.7. The Labute approximate surface area is 125 Å². The quantitative estimate of drug-likeness (QED) is 0.732. The van der Waals surface area contributed by atoms with Gasteiger partial charge in [-0.2, -0.15) is 11.8 Å². The molecule has 0 aromatic heterocycles. The van der Waals surface area contributed by atoms with Crippen LogP contribution < -0.4 is 0 Å². The van der Waals surface area contributed by atoms with Crippen LogP contribution in [0.3, 0.4) is 0 Å². The van der Waals surface area contributed by atoms with Gasteiger partial charge in [0.15, 0.2) is 0 Å². The minimum atomic E-state index is -0.479. The summed E-state index contributed by atoms with van der Waals surface area (Å²) in [5.74, 6) is 2.76. The lowest BCUT2D eigenvalue weighted by atomic mass is 9.93. The lowest BCUT2D eigenvalue weighted by Crippen LogP contribution is -2.50. The van der Waals surface area contributed by atoms with E-state index >= 15 is 0 Å². The fraction of sp³-hybridized carbons (Fsp3) is 0.929. The van der Waals surface area contributed by atoms with Gasteiger partial charge in [-0.25, -0.2) is 0 Å². The third-order valence-corrected chi connectivity index (χ3v) is 5.76. The zero-order chi connectivity index (χ0) is 13.9. The van der Waals surface area contributed by atoms with Crippen LogP contribution in [0.15, 0.2) is 0 Å². The first-order valence-corrected chi connectivity index (χ1v) is 8.80. The predicted octanol–water partition coefficient (Wildman–Crippen LogP) is 2.76. The molecule has 19 heavy (non-hydrogen) atoms. The Bertz CT molecular complexity index is 313. The third kappa shape index (κ3) is 3.79. The Morgan fingerprint density at radius 1 is 1.47 bits per heavy atom. The first kappa shape index (κ1) is 15.5. The van der Waals surface area contributed by atoms with E-state index in [4.69, 9.17) is 16.3 Å². The molecule has 2 atom stereocenters. The molecule has 0 radical (unpaired) electrons. The number of carbonyl (C=O) groups is 1. The molecule has 3 nitrogen and oxygen atoms in total. The van der Waals surface area contributed by atoms with Crippen molar-refractivity contribution in [3.63, 3.8) is 0 Å². The van der Waals surface area contributed by atoms with E-state index in [0.29, 0.717) is 11.9 Å². The van der Waals surface area contributed by atoms with Gasteiger partial charge in [0.2, 0.25) is 5.91 Å². The van der Waals surface area contributed by atoms with Gasteiger partial charge in [-0.3, -0.25) is 4.79 Å². The van der Waals surface area contributed by atoms with Crippen LogP contribution in [0.1, 0.15) is 33.1 Å². The number of rotatable bonds is 5. The van der Waals surface area contributed by atoms with Crippen LogP contribution in [0.25, 0.3) is 0 Å². The van der Waals surface area contributed by atoms with Gasteiger partial charge in [-0.15, -0.1) is 11.6 Å². The summed E-state index contributed by atoms with van der Waals surface area (Å²) in [6, 6.07) is 0.365. The largest absolute Gasteiger partial charge is 0.376 e. The summed E-state index contributed by atoms with van der Waals surface area (Å²) < 4.78 is 5.71. The Kier molecular flexibility index (Phi) is 5.44. The van der Waals surface area contributed by atoms with Crippen LogP contribution >= 0.6 is 23.4 Å². The summed E-state index contributed by atoms with van der Waals surface area (Å²) in [5, 5.41) is 0. The highest BCUT2D eigenvalue weighted by molar-refractivity contribution is 7.99. The highest BCUT2D eigenvalue weighted by Gasteiger charge is 2.37. The minimum absolute atomic E-state index is 0.186.